The van der Waals surface area contributed by atoms with E-state index in [1.165, 1.54) is 19.2 Å². The topological polar surface area (TPSA) is 78.5 Å². The summed E-state index contributed by atoms with van der Waals surface area (Å²) in [6.45, 7) is 0. The monoisotopic (exact) mass is 194 g/mol. The van der Waals surface area contributed by atoms with E-state index in [1.54, 1.807) is 17.4 Å². The van der Waals surface area contributed by atoms with E-state index in [-0.39, 0.29) is 5.56 Å². The van der Waals surface area contributed by atoms with E-state index in [4.69, 9.17) is 4.74 Å². The SMILES string of the molecule is COc1ccc(C(=O)NC(=O)[O-])cc1. The molecular weight excluding hydrogens is 186 g/mol. The Morgan fingerprint density at radius 2 is 1.86 bits per heavy atom. The summed E-state index contributed by atoms with van der Waals surface area (Å²) in [6, 6.07) is 6.03. The fourth-order valence-electron chi connectivity index (χ4n) is 0.907. The molecule has 74 valence electrons. The Bertz CT molecular complexity index is 344. The lowest BCUT2D eigenvalue weighted by Crippen LogP contribution is -2.40. The van der Waals surface area contributed by atoms with Gasteiger partial charge in [0.25, 0.3) is 5.91 Å². The molecule has 0 spiro atoms. The number of imide groups is 1. The van der Waals surface area contributed by atoms with Gasteiger partial charge in [-0.2, -0.15) is 0 Å². The molecule has 0 aliphatic rings. The van der Waals surface area contributed by atoms with Crippen LogP contribution in [0.15, 0.2) is 24.3 Å². The van der Waals surface area contributed by atoms with Crippen LogP contribution in [0.4, 0.5) is 4.79 Å². The van der Waals surface area contributed by atoms with Crippen LogP contribution >= 0.6 is 0 Å². The normalized spacial score (nSPS) is 9.21. The van der Waals surface area contributed by atoms with E-state index in [0.717, 1.165) is 0 Å². The average Bonchev–Trinajstić information content (AvgIpc) is 2.17. The minimum absolute atomic E-state index is 0.231. The Kier molecular flexibility index (Phi) is 3.06. The van der Waals surface area contributed by atoms with Gasteiger partial charge in [-0.1, -0.05) is 0 Å². The lowest BCUT2D eigenvalue weighted by atomic mass is 10.2. The molecule has 14 heavy (non-hydrogen) atoms. The summed E-state index contributed by atoms with van der Waals surface area (Å²) < 4.78 is 4.87. The highest BCUT2D eigenvalue weighted by molar-refractivity contribution is 6.01. The number of carbonyl (C=O) groups excluding carboxylic acids is 2. The molecule has 0 bridgehead atoms. The van der Waals surface area contributed by atoms with Gasteiger partial charge in [0, 0.05) is 5.56 Å². The average molecular weight is 194 g/mol. The molecule has 0 saturated carbocycles. The van der Waals surface area contributed by atoms with Gasteiger partial charge in [-0.15, -0.1) is 0 Å². The molecule has 5 nitrogen and oxygen atoms in total. The molecule has 0 aliphatic heterocycles. The van der Waals surface area contributed by atoms with Crippen LogP contribution in [-0.2, 0) is 0 Å². The number of benzene rings is 1. The highest BCUT2D eigenvalue weighted by atomic mass is 16.5. The first-order valence-electron chi connectivity index (χ1n) is 3.80. The number of hydrogen-bond donors (Lipinski definition) is 1. The number of amides is 2. The Hall–Kier alpha value is -2.04. The lowest BCUT2D eigenvalue weighted by molar-refractivity contribution is -0.249. The van der Waals surface area contributed by atoms with E-state index in [0.29, 0.717) is 5.75 Å². The third kappa shape index (κ3) is 2.48. The van der Waals surface area contributed by atoms with E-state index in [2.05, 4.69) is 0 Å². The Labute approximate surface area is 80.3 Å². The first kappa shape index (κ1) is 10.0. The molecule has 0 heterocycles. The number of hydrogen-bond acceptors (Lipinski definition) is 4. The smallest absolute Gasteiger partial charge is 0.256 e. The number of rotatable bonds is 2. The van der Waals surface area contributed by atoms with Crippen molar-refractivity contribution in [1.29, 1.82) is 0 Å². The van der Waals surface area contributed by atoms with Gasteiger partial charge < -0.3 is 20.0 Å². The maximum atomic E-state index is 11.1. The van der Waals surface area contributed by atoms with Gasteiger partial charge in [-0.05, 0) is 24.3 Å². The summed E-state index contributed by atoms with van der Waals surface area (Å²) >= 11 is 0. The zero-order valence-electron chi connectivity index (χ0n) is 7.44. The van der Waals surface area contributed by atoms with Crippen molar-refractivity contribution < 1.29 is 19.4 Å². The summed E-state index contributed by atoms with van der Waals surface area (Å²) in [6.07, 6.45) is -1.62. The molecule has 1 aromatic rings. The van der Waals surface area contributed by atoms with Crippen LogP contribution in [0.1, 0.15) is 10.4 Å². The van der Waals surface area contributed by atoms with Crippen LogP contribution < -0.4 is 15.2 Å². The predicted molar refractivity (Wildman–Crippen MR) is 45.9 cm³/mol. The molecule has 0 unspecified atom stereocenters. The summed E-state index contributed by atoms with van der Waals surface area (Å²) in [5.74, 6) is -0.123. The number of carboxylic acid groups (broad SMARTS) is 1. The van der Waals surface area contributed by atoms with Crippen molar-refractivity contribution in [3.8, 4) is 5.75 Å². The van der Waals surface area contributed by atoms with Crippen LogP contribution in [0.2, 0.25) is 0 Å². The molecule has 0 aliphatic carbocycles. The number of ether oxygens (including phenoxy) is 1. The molecular formula is C9H8NO4-. The van der Waals surface area contributed by atoms with Crippen molar-refractivity contribution in [2.45, 2.75) is 0 Å². The quantitative estimate of drug-likeness (QED) is 0.705. The van der Waals surface area contributed by atoms with Gasteiger partial charge in [0.2, 0.25) is 0 Å². The van der Waals surface area contributed by atoms with Crippen molar-refractivity contribution in [3.63, 3.8) is 0 Å². The third-order valence-electron chi connectivity index (χ3n) is 1.57. The molecule has 0 atom stereocenters. The molecule has 1 aromatic carbocycles. The minimum atomic E-state index is -1.62. The highest BCUT2D eigenvalue weighted by Crippen LogP contribution is 2.10. The molecule has 1 rings (SSSR count). The van der Waals surface area contributed by atoms with Crippen LogP contribution in [-0.4, -0.2) is 19.1 Å². The van der Waals surface area contributed by atoms with Crippen molar-refractivity contribution in [2.24, 2.45) is 0 Å². The summed E-state index contributed by atoms with van der Waals surface area (Å²) in [5, 5.41) is 11.7. The maximum absolute atomic E-state index is 11.1. The minimum Gasteiger partial charge on any atom is -0.530 e. The Morgan fingerprint density at radius 3 is 2.29 bits per heavy atom. The fourth-order valence-corrected chi connectivity index (χ4v) is 0.907. The molecule has 1 N–H and O–H groups in total. The van der Waals surface area contributed by atoms with Gasteiger partial charge in [-0.3, -0.25) is 4.79 Å². The van der Waals surface area contributed by atoms with E-state index in [9.17, 15) is 14.7 Å². The van der Waals surface area contributed by atoms with Crippen LogP contribution in [0.3, 0.4) is 0 Å². The summed E-state index contributed by atoms with van der Waals surface area (Å²) in [4.78, 5) is 21.1. The number of nitrogens with one attached hydrogen (secondary N) is 1. The summed E-state index contributed by atoms with van der Waals surface area (Å²) in [7, 11) is 1.50. The van der Waals surface area contributed by atoms with Gasteiger partial charge >= 0.3 is 0 Å². The number of carbonyl (C=O) groups is 2. The molecule has 2 amide bonds. The second-order valence-electron chi connectivity index (χ2n) is 2.47. The summed E-state index contributed by atoms with van der Waals surface area (Å²) in [5.41, 5.74) is 0.231. The first-order chi connectivity index (χ1) is 6.63. The zero-order chi connectivity index (χ0) is 10.6. The Morgan fingerprint density at radius 1 is 1.29 bits per heavy atom. The standard InChI is InChI=1S/C9H9NO4/c1-14-7-4-2-6(3-5-7)8(11)10-9(12)13/h2-5H,1H3,(H,10,11)(H,12,13)/p-1. The van der Waals surface area contributed by atoms with Gasteiger partial charge in [0.15, 0.2) is 0 Å². The van der Waals surface area contributed by atoms with Gasteiger partial charge in [-0.25, -0.2) is 0 Å². The maximum Gasteiger partial charge on any atom is 0.256 e. The molecule has 0 radical (unpaired) electrons. The zero-order valence-corrected chi connectivity index (χ0v) is 7.44. The largest absolute Gasteiger partial charge is 0.530 e. The number of methoxy groups -OCH3 is 1. The van der Waals surface area contributed by atoms with Crippen molar-refractivity contribution >= 4 is 12.0 Å². The molecule has 0 saturated heterocycles. The fraction of sp³-hybridized carbons (Fsp3) is 0.111. The van der Waals surface area contributed by atoms with Crippen LogP contribution in [0, 0.1) is 0 Å². The lowest BCUT2D eigenvalue weighted by Gasteiger charge is -2.05. The third-order valence-corrected chi connectivity index (χ3v) is 1.57. The highest BCUT2D eigenvalue weighted by Gasteiger charge is 2.04. The van der Waals surface area contributed by atoms with Crippen molar-refractivity contribution in [1.82, 2.24) is 5.32 Å². The molecule has 0 aromatic heterocycles. The first-order valence-corrected chi connectivity index (χ1v) is 3.80. The molecule has 5 heteroatoms. The van der Waals surface area contributed by atoms with Gasteiger partial charge in [0.1, 0.15) is 11.8 Å². The van der Waals surface area contributed by atoms with Crippen molar-refractivity contribution in [3.05, 3.63) is 29.8 Å². The van der Waals surface area contributed by atoms with Crippen LogP contribution in [0.5, 0.6) is 5.75 Å². The molecule has 0 fully saturated rings. The van der Waals surface area contributed by atoms with E-state index in [1.807, 2.05) is 0 Å². The predicted octanol–water partition coefficient (Wildman–Crippen LogP) is -0.232. The van der Waals surface area contributed by atoms with Crippen molar-refractivity contribution in [2.75, 3.05) is 7.11 Å². The Balaban J connectivity index is 2.76. The second-order valence-corrected chi connectivity index (χ2v) is 2.47. The van der Waals surface area contributed by atoms with Gasteiger partial charge in [0.05, 0.1) is 7.11 Å². The second kappa shape index (κ2) is 4.27. The van der Waals surface area contributed by atoms with Crippen LogP contribution in [0.25, 0.3) is 0 Å². The van der Waals surface area contributed by atoms with E-state index >= 15 is 0 Å². The van der Waals surface area contributed by atoms with E-state index < -0.39 is 12.0 Å².